The van der Waals surface area contributed by atoms with Gasteiger partial charge in [0.2, 0.25) is 0 Å². The molecule has 0 fully saturated rings. The van der Waals surface area contributed by atoms with Crippen molar-refractivity contribution in [1.82, 2.24) is 0 Å². The lowest BCUT2D eigenvalue weighted by Gasteiger charge is -2.19. The zero-order valence-corrected chi connectivity index (χ0v) is 25.0. The lowest BCUT2D eigenvalue weighted by atomic mass is 9.95. The van der Waals surface area contributed by atoms with Gasteiger partial charge in [0, 0.05) is 50.7 Å². The first-order valence-electron chi connectivity index (χ1n) is 13.7. The van der Waals surface area contributed by atoms with Crippen molar-refractivity contribution < 1.29 is 38.3 Å². The number of benzene rings is 3. The number of aromatic hydroxyl groups is 1. The molecule has 0 saturated heterocycles. The maximum absolute atomic E-state index is 12.6. The van der Waals surface area contributed by atoms with Gasteiger partial charge in [-0.2, -0.15) is 0 Å². The zero-order chi connectivity index (χ0) is 29.8. The van der Waals surface area contributed by atoms with E-state index in [1.165, 1.54) is 5.56 Å². The number of esters is 1. The molecule has 0 saturated carbocycles. The predicted octanol–water partition coefficient (Wildman–Crippen LogP) is 6.39. The minimum absolute atomic E-state index is 0.0886. The predicted molar refractivity (Wildman–Crippen MR) is 157 cm³/mol. The van der Waals surface area contributed by atoms with Crippen LogP contribution in [0.1, 0.15) is 64.4 Å². The Morgan fingerprint density at radius 3 is 1.66 bits per heavy atom. The number of phenols is 1. The minimum atomic E-state index is -0.389. The smallest absolute Gasteiger partial charge is 0.338 e. The maximum Gasteiger partial charge on any atom is 0.338 e. The Hall–Kier alpha value is -3.43. The van der Waals surface area contributed by atoms with Crippen molar-refractivity contribution in [2.24, 2.45) is 0 Å². The molecule has 0 aromatic heterocycles. The van der Waals surface area contributed by atoms with Crippen molar-refractivity contribution in [2.75, 3.05) is 41.7 Å². The third-order valence-electron chi connectivity index (χ3n) is 6.93. The SMILES string of the molecule is CCC(C)c1ccc(C(=O)OCCOc2c(COC)cc(-c3cc(COC)c(O)c(COC)c3)cc2COC)cc1. The van der Waals surface area contributed by atoms with Crippen molar-refractivity contribution in [3.63, 3.8) is 0 Å². The summed E-state index contributed by atoms with van der Waals surface area (Å²) in [5, 5.41) is 10.7. The number of methoxy groups -OCH3 is 4. The van der Waals surface area contributed by atoms with E-state index in [0.29, 0.717) is 41.6 Å². The Morgan fingerprint density at radius 2 is 1.20 bits per heavy atom. The topological polar surface area (TPSA) is 92.7 Å². The maximum atomic E-state index is 12.6. The van der Waals surface area contributed by atoms with Crippen molar-refractivity contribution in [2.45, 2.75) is 52.6 Å². The molecule has 0 bridgehead atoms. The monoisotopic (exact) mass is 566 g/mol. The molecule has 1 unspecified atom stereocenters. The molecule has 3 aromatic rings. The molecule has 0 radical (unpaired) electrons. The summed E-state index contributed by atoms with van der Waals surface area (Å²) in [4.78, 5) is 12.6. The number of phenolic OH excluding ortho intramolecular Hbond substituents is 1. The third kappa shape index (κ3) is 8.53. The first kappa shape index (κ1) is 32.1. The number of rotatable bonds is 16. The molecule has 1 N–H and O–H groups in total. The van der Waals surface area contributed by atoms with Crippen LogP contribution in [0.15, 0.2) is 48.5 Å². The van der Waals surface area contributed by atoms with Crippen LogP contribution in [-0.2, 0) is 50.1 Å². The molecular formula is C33H42O8. The first-order valence-corrected chi connectivity index (χ1v) is 13.7. The van der Waals surface area contributed by atoms with E-state index < -0.39 is 0 Å². The standard InChI is InChI=1S/C33H42O8/c1-7-22(2)23-8-10-24(11-9-23)33(35)41-13-12-40-32-29(20-38-5)16-26(17-30(32)21-39-6)25-14-27(18-36-3)31(34)28(15-25)19-37-4/h8-11,14-17,22,34H,7,12-13,18-21H2,1-6H3. The van der Waals surface area contributed by atoms with E-state index >= 15 is 0 Å². The first-order chi connectivity index (χ1) is 19.9. The van der Waals surface area contributed by atoms with Crippen LogP contribution in [0.2, 0.25) is 0 Å². The normalized spacial score (nSPS) is 11.9. The van der Waals surface area contributed by atoms with E-state index in [0.717, 1.165) is 28.7 Å². The average Bonchev–Trinajstić information content (AvgIpc) is 2.98. The quantitative estimate of drug-likeness (QED) is 0.157. The molecule has 0 aliphatic rings. The number of ether oxygens (including phenoxy) is 6. The Bertz CT molecular complexity index is 1210. The molecule has 0 spiro atoms. The van der Waals surface area contributed by atoms with Gasteiger partial charge in [0.05, 0.1) is 32.0 Å². The molecule has 8 heteroatoms. The largest absolute Gasteiger partial charge is 0.507 e. The van der Waals surface area contributed by atoms with Crippen molar-refractivity contribution in [3.8, 4) is 22.6 Å². The summed E-state index contributed by atoms with van der Waals surface area (Å²) < 4.78 is 33.2. The van der Waals surface area contributed by atoms with Gasteiger partial charge in [0.15, 0.2) is 0 Å². The second kappa shape index (κ2) is 16.1. The number of hydrogen-bond acceptors (Lipinski definition) is 8. The highest BCUT2D eigenvalue weighted by molar-refractivity contribution is 5.89. The van der Waals surface area contributed by atoms with E-state index in [1.54, 1.807) is 40.6 Å². The Kier molecular flexibility index (Phi) is 12.6. The van der Waals surface area contributed by atoms with Crippen LogP contribution in [0, 0.1) is 0 Å². The lowest BCUT2D eigenvalue weighted by Crippen LogP contribution is -2.14. The van der Waals surface area contributed by atoms with E-state index in [2.05, 4.69) is 13.8 Å². The van der Waals surface area contributed by atoms with Gasteiger partial charge in [-0.1, -0.05) is 26.0 Å². The molecule has 8 nitrogen and oxygen atoms in total. The lowest BCUT2D eigenvalue weighted by molar-refractivity contribution is 0.0446. The molecule has 41 heavy (non-hydrogen) atoms. The van der Waals surface area contributed by atoms with Gasteiger partial charge in [-0.15, -0.1) is 0 Å². The summed E-state index contributed by atoms with van der Waals surface area (Å²) in [6, 6.07) is 15.3. The summed E-state index contributed by atoms with van der Waals surface area (Å²) in [6.07, 6.45) is 1.04. The van der Waals surface area contributed by atoms with Gasteiger partial charge in [-0.05, 0) is 65.4 Å². The summed E-state index contributed by atoms with van der Waals surface area (Å²) in [5.74, 6) is 0.836. The molecule has 0 aliphatic heterocycles. The highest BCUT2D eigenvalue weighted by Crippen LogP contribution is 2.36. The summed E-state index contributed by atoms with van der Waals surface area (Å²) in [7, 11) is 6.41. The van der Waals surface area contributed by atoms with Gasteiger partial charge < -0.3 is 33.5 Å². The van der Waals surface area contributed by atoms with Crippen LogP contribution >= 0.6 is 0 Å². The zero-order valence-electron chi connectivity index (χ0n) is 25.0. The fourth-order valence-electron chi connectivity index (χ4n) is 4.63. The third-order valence-corrected chi connectivity index (χ3v) is 6.93. The average molecular weight is 567 g/mol. The Balaban J connectivity index is 1.81. The van der Waals surface area contributed by atoms with Crippen LogP contribution in [-0.4, -0.2) is 52.7 Å². The fourth-order valence-corrected chi connectivity index (χ4v) is 4.63. The van der Waals surface area contributed by atoms with Crippen molar-refractivity contribution in [1.29, 1.82) is 0 Å². The molecule has 0 amide bonds. The van der Waals surface area contributed by atoms with Crippen LogP contribution < -0.4 is 4.74 Å². The van der Waals surface area contributed by atoms with Gasteiger partial charge in [0.25, 0.3) is 0 Å². The minimum Gasteiger partial charge on any atom is -0.507 e. The molecule has 3 rings (SSSR count). The Morgan fingerprint density at radius 1 is 0.732 bits per heavy atom. The number of carbonyl (C=O) groups is 1. The summed E-state index contributed by atoms with van der Waals surface area (Å²) in [5.41, 5.74) is 6.46. The second-order valence-electron chi connectivity index (χ2n) is 9.91. The molecule has 222 valence electrons. The van der Waals surface area contributed by atoms with Crippen LogP contribution in [0.3, 0.4) is 0 Å². The van der Waals surface area contributed by atoms with Gasteiger partial charge in [0.1, 0.15) is 24.7 Å². The summed E-state index contributed by atoms with van der Waals surface area (Å²) >= 11 is 0. The summed E-state index contributed by atoms with van der Waals surface area (Å²) in [6.45, 7) is 5.68. The van der Waals surface area contributed by atoms with Crippen LogP contribution in [0.25, 0.3) is 11.1 Å². The number of hydrogen-bond donors (Lipinski definition) is 1. The molecule has 0 heterocycles. The molecule has 3 aromatic carbocycles. The molecular weight excluding hydrogens is 524 g/mol. The van der Waals surface area contributed by atoms with Gasteiger partial charge in [-0.3, -0.25) is 0 Å². The van der Waals surface area contributed by atoms with Crippen LogP contribution in [0.5, 0.6) is 11.5 Å². The number of carbonyl (C=O) groups excluding carboxylic acids is 1. The highest BCUT2D eigenvalue weighted by Gasteiger charge is 2.17. The highest BCUT2D eigenvalue weighted by atomic mass is 16.6. The van der Waals surface area contributed by atoms with E-state index in [9.17, 15) is 9.90 Å². The fraction of sp³-hybridized carbons (Fsp3) is 0.424. The van der Waals surface area contributed by atoms with E-state index in [-0.39, 0.29) is 38.1 Å². The van der Waals surface area contributed by atoms with Crippen molar-refractivity contribution in [3.05, 3.63) is 81.9 Å². The van der Waals surface area contributed by atoms with Gasteiger partial charge >= 0.3 is 5.97 Å². The molecule has 1 atom stereocenters. The van der Waals surface area contributed by atoms with Crippen molar-refractivity contribution >= 4 is 5.97 Å². The Labute approximate surface area is 243 Å². The van der Waals surface area contributed by atoms with E-state index in [4.69, 9.17) is 28.4 Å². The molecule has 0 aliphatic carbocycles. The van der Waals surface area contributed by atoms with E-state index in [1.807, 2.05) is 36.4 Å². The second-order valence-corrected chi connectivity index (χ2v) is 9.91. The van der Waals surface area contributed by atoms with Crippen LogP contribution in [0.4, 0.5) is 0 Å². The van der Waals surface area contributed by atoms with Gasteiger partial charge in [-0.25, -0.2) is 4.79 Å².